The van der Waals surface area contributed by atoms with Crippen LogP contribution in [0.4, 0.5) is 0 Å². The van der Waals surface area contributed by atoms with Crippen molar-refractivity contribution in [1.29, 1.82) is 0 Å². The lowest BCUT2D eigenvalue weighted by atomic mass is 10.0. The minimum Gasteiger partial charge on any atom is -1.00 e. The third-order valence-corrected chi connectivity index (χ3v) is 2.82. The van der Waals surface area contributed by atoms with Crippen LogP contribution in [0.1, 0.15) is 44.2 Å². The Kier molecular flexibility index (Phi) is 10.0. The van der Waals surface area contributed by atoms with Crippen LogP contribution >= 0.6 is 0 Å². The highest BCUT2D eigenvalue weighted by Gasteiger charge is 1.98. The molecule has 0 saturated heterocycles. The standard InChI is InChI=1S/C15H25NO.ClH/c1-4-17-11-5-10-16-12-14-6-8-15(9-7-14)13(2)3;/h6-9,13,16H,4-5,10-12H2,1-3H3;1H/p-1. The average molecular weight is 271 g/mol. The summed E-state index contributed by atoms with van der Waals surface area (Å²) >= 11 is 0. The maximum Gasteiger partial charge on any atom is 0.0477 e. The van der Waals surface area contributed by atoms with E-state index in [1.165, 1.54) is 11.1 Å². The lowest BCUT2D eigenvalue weighted by Gasteiger charge is -2.08. The van der Waals surface area contributed by atoms with Gasteiger partial charge in [0.15, 0.2) is 0 Å². The number of benzene rings is 1. The van der Waals surface area contributed by atoms with Crippen LogP contribution in [0.15, 0.2) is 24.3 Å². The largest absolute Gasteiger partial charge is 1.00 e. The van der Waals surface area contributed by atoms with Crippen molar-refractivity contribution in [3.8, 4) is 0 Å². The number of nitrogens with one attached hydrogen (secondary N) is 1. The molecule has 0 saturated carbocycles. The van der Waals surface area contributed by atoms with Gasteiger partial charge in [0, 0.05) is 19.8 Å². The molecule has 1 N–H and O–H groups in total. The molecule has 0 atom stereocenters. The Morgan fingerprint density at radius 1 is 1.17 bits per heavy atom. The van der Waals surface area contributed by atoms with E-state index in [2.05, 4.69) is 43.4 Å². The zero-order valence-corrected chi connectivity index (χ0v) is 12.5. The molecule has 1 rings (SSSR count). The highest BCUT2D eigenvalue weighted by Crippen LogP contribution is 2.14. The van der Waals surface area contributed by atoms with E-state index in [4.69, 9.17) is 4.74 Å². The first-order valence-corrected chi connectivity index (χ1v) is 6.61. The lowest BCUT2D eigenvalue weighted by Crippen LogP contribution is -3.00. The van der Waals surface area contributed by atoms with Gasteiger partial charge in [-0.25, -0.2) is 0 Å². The van der Waals surface area contributed by atoms with Crippen LogP contribution in [0.5, 0.6) is 0 Å². The summed E-state index contributed by atoms with van der Waals surface area (Å²) in [5.41, 5.74) is 2.76. The van der Waals surface area contributed by atoms with Gasteiger partial charge in [0.1, 0.15) is 0 Å². The number of hydrogen-bond acceptors (Lipinski definition) is 2. The monoisotopic (exact) mass is 270 g/mol. The van der Waals surface area contributed by atoms with Crippen LogP contribution < -0.4 is 17.7 Å². The molecule has 0 aliphatic heterocycles. The first kappa shape index (κ1) is 17.4. The molecule has 0 radical (unpaired) electrons. The van der Waals surface area contributed by atoms with E-state index in [1.807, 2.05) is 6.92 Å². The molecule has 0 aliphatic rings. The predicted molar refractivity (Wildman–Crippen MR) is 73.3 cm³/mol. The van der Waals surface area contributed by atoms with Gasteiger partial charge in [-0.15, -0.1) is 0 Å². The Morgan fingerprint density at radius 2 is 1.83 bits per heavy atom. The van der Waals surface area contributed by atoms with Crippen molar-refractivity contribution in [3.63, 3.8) is 0 Å². The maximum atomic E-state index is 5.29. The molecule has 0 aromatic heterocycles. The molecule has 0 bridgehead atoms. The SMILES string of the molecule is CCOCCCNCc1ccc(C(C)C)cc1.[Cl-]. The Balaban J connectivity index is 0.00000289. The Hall–Kier alpha value is -0.570. The van der Waals surface area contributed by atoms with Crippen LogP contribution in [0, 0.1) is 0 Å². The summed E-state index contributed by atoms with van der Waals surface area (Å²) in [5, 5.41) is 3.43. The Bertz CT molecular complexity index is 298. The molecule has 3 heteroatoms. The van der Waals surface area contributed by atoms with Crippen molar-refractivity contribution in [1.82, 2.24) is 5.32 Å². The van der Waals surface area contributed by atoms with Gasteiger partial charge in [0.05, 0.1) is 0 Å². The van der Waals surface area contributed by atoms with Crippen molar-refractivity contribution in [2.24, 2.45) is 0 Å². The van der Waals surface area contributed by atoms with Crippen molar-refractivity contribution < 1.29 is 17.1 Å². The van der Waals surface area contributed by atoms with Gasteiger partial charge in [-0.3, -0.25) is 0 Å². The molecule has 0 fully saturated rings. The van der Waals surface area contributed by atoms with Crippen molar-refractivity contribution in [2.75, 3.05) is 19.8 Å². The molecule has 0 unspecified atom stereocenters. The fourth-order valence-electron chi connectivity index (χ4n) is 1.70. The molecule has 0 heterocycles. The first-order valence-electron chi connectivity index (χ1n) is 6.61. The summed E-state index contributed by atoms with van der Waals surface area (Å²) in [6.07, 6.45) is 1.08. The maximum absolute atomic E-state index is 5.29. The van der Waals surface area contributed by atoms with Crippen LogP contribution in [0.2, 0.25) is 0 Å². The second kappa shape index (κ2) is 10.4. The second-order valence-corrected chi connectivity index (χ2v) is 4.62. The van der Waals surface area contributed by atoms with Gasteiger partial charge in [-0.2, -0.15) is 0 Å². The molecule has 0 amide bonds. The third kappa shape index (κ3) is 7.00. The molecule has 18 heavy (non-hydrogen) atoms. The summed E-state index contributed by atoms with van der Waals surface area (Å²) < 4.78 is 5.29. The minimum absolute atomic E-state index is 0. The molecule has 2 nitrogen and oxygen atoms in total. The minimum atomic E-state index is 0. The van der Waals surface area contributed by atoms with E-state index in [1.54, 1.807) is 0 Å². The van der Waals surface area contributed by atoms with Gasteiger partial charge < -0.3 is 22.5 Å². The molecule has 0 spiro atoms. The first-order chi connectivity index (χ1) is 8.24. The smallest absolute Gasteiger partial charge is 0.0477 e. The van der Waals surface area contributed by atoms with Gasteiger partial charge in [0.25, 0.3) is 0 Å². The summed E-state index contributed by atoms with van der Waals surface area (Å²) in [6.45, 7) is 10.1. The van der Waals surface area contributed by atoms with Gasteiger partial charge in [-0.1, -0.05) is 38.1 Å². The summed E-state index contributed by atoms with van der Waals surface area (Å²) in [5.74, 6) is 0.614. The van der Waals surface area contributed by atoms with Crippen LogP contribution in [0.25, 0.3) is 0 Å². The highest BCUT2D eigenvalue weighted by atomic mass is 35.5. The Morgan fingerprint density at radius 3 is 2.39 bits per heavy atom. The molecular weight excluding hydrogens is 246 g/mol. The van der Waals surface area contributed by atoms with Gasteiger partial charge >= 0.3 is 0 Å². The lowest BCUT2D eigenvalue weighted by molar-refractivity contribution is -0.00000463. The summed E-state index contributed by atoms with van der Waals surface area (Å²) in [7, 11) is 0. The van der Waals surface area contributed by atoms with Crippen molar-refractivity contribution in [3.05, 3.63) is 35.4 Å². The molecule has 104 valence electrons. The number of halogens is 1. The topological polar surface area (TPSA) is 21.3 Å². The second-order valence-electron chi connectivity index (χ2n) is 4.62. The number of rotatable bonds is 8. The fraction of sp³-hybridized carbons (Fsp3) is 0.600. The van der Waals surface area contributed by atoms with E-state index >= 15 is 0 Å². The zero-order chi connectivity index (χ0) is 12.5. The molecule has 0 aliphatic carbocycles. The van der Waals surface area contributed by atoms with E-state index in [0.717, 1.165) is 32.7 Å². The fourth-order valence-corrected chi connectivity index (χ4v) is 1.70. The van der Waals surface area contributed by atoms with E-state index in [0.29, 0.717) is 5.92 Å². The number of ether oxygens (including phenoxy) is 1. The quantitative estimate of drug-likeness (QED) is 0.688. The van der Waals surface area contributed by atoms with Crippen molar-refractivity contribution in [2.45, 2.75) is 39.7 Å². The van der Waals surface area contributed by atoms with Crippen molar-refractivity contribution >= 4 is 0 Å². The molecule has 1 aromatic carbocycles. The number of hydrogen-bond donors (Lipinski definition) is 1. The molecular formula is C15H25ClNO-. The summed E-state index contributed by atoms with van der Waals surface area (Å²) in [6, 6.07) is 8.87. The predicted octanol–water partition coefficient (Wildman–Crippen LogP) is 0.330. The van der Waals surface area contributed by atoms with Gasteiger partial charge in [-0.05, 0) is 36.9 Å². The van der Waals surface area contributed by atoms with E-state index < -0.39 is 0 Å². The Labute approximate surface area is 118 Å². The van der Waals surface area contributed by atoms with E-state index in [-0.39, 0.29) is 12.4 Å². The van der Waals surface area contributed by atoms with Crippen LogP contribution in [-0.2, 0) is 11.3 Å². The zero-order valence-electron chi connectivity index (χ0n) is 11.7. The molecule has 1 aromatic rings. The van der Waals surface area contributed by atoms with Crippen LogP contribution in [-0.4, -0.2) is 19.8 Å². The third-order valence-electron chi connectivity index (χ3n) is 2.82. The summed E-state index contributed by atoms with van der Waals surface area (Å²) in [4.78, 5) is 0. The normalized spacial score (nSPS) is 10.4. The van der Waals surface area contributed by atoms with Gasteiger partial charge in [0.2, 0.25) is 0 Å². The van der Waals surface area contributed by atoms with E-state index in [9.17, 15) is 0 Å². The van der Waals surface area contributed by atoms with Crippen LogP contribution in [0.3, 0.4) is 0 Å². The average Bonchev–Trinajstić information content (AvgIpc) is 2.34. The highest BCUT2D eigenvalue weighted by molar-refractivity contribution is 5.24.